The quantitative estimate of drug-likeness (QED) is 0.803. The van der Waals surface area contributed by atoms with Gasteiger partial charge in [0, 0.05) is 22.7 Å². The molecule has 2 unspecified atom stereocenters. The molecule has 84 valence electrons. The number of benzene rings is 1. The summed E-state index contributed by atoms with van der Waals surface area (Å²) in [5, 5.41) is 3.16. The first-order valence-electron chi connectivity index (χ1n) is 5.60. The third-order valence-electron chi connectivity index (χ3n) is 3.46. The van der Waals surface area contributed by atoms with Gasteiger partial charge in [-0.25, -0.2) is 4.39 Å². The maximum absolute atomic E-state index is 14.8. The lowest BCUT2D eigenvalue weighted by molar-refractivity contribution is 0.175. The maximum atomic E-state index is 14.8. The third kappa shape index (κ3) is 1.46. The van der Waals surface area contributed by atoms with Gasteiger partial charge in [-0.2, -0.15) is 0 Å². The summed E-state index contributed by atoms with van der Waals surface area (Å²) in [4.78, 5) is 0. The molecule has 2 aromatic rings. The largest absolute Gasteiger partial charge is 0.328 e. The molecule has 3 heteroatoms. The van der Waals surface area contributed by atoms with E-state index < -0.39 is 5.67 Å². The minimum atomic E-state index is -1.20. The lowest BCUT2D eigenvalue weighted by atomic mass is 9.93. The summed E-state index contributed by atoms with van der Waals surface area (Å²) in [6.07, 6.45) is 1.81. The first kappa shape index (κ1) is 10.2. The van der Waals surface area contributed by atoms with Crippen LogP contribution in [-0.4, -0.2) is 6.04 Å². The molecule has 2 N–H and O–H groups in total. The predicted molar refractivity (Wildman–Crippen MR) is 66.4 cm³/mol. The van der Waals surface area contributed by atoms with Crippen LogP contribution < -0.4 is 5.73 Å². The Morgan fingerprint density at radius 1 is 1.38 bits per heavy atom. The fourth-order valence-corrected chi connectivity index (χ4v) is 3.63. The summed E-state index contributed by atoms with van der Waals surface area (Å²) in [5.41, 5.74) is 5.47. The summed E-state index contributed by atoms with van der Waals surface area (Å²) in [5.74, 6) is 0. The van der Waals surface area contributed by atoms with E-state index >= 15 is 0 Å². The zero-order valence-corrected chi connectivity index (χ0v) is 9.77. The predicted octanol–water partition coefficient (Wildman–Crippen LogP) is 3.58. The molecule has 0 bridgehead atoms. The van der Waals surface area contributed by atoms with E-state index in [4.69, 9.17) is 5.73 Å². The highest BCUT2D eigenvalue weighted by Gasteiger charge is 2.40. The van der Waals surface area contributed by atoms with Crippen LogP contribution in [0.2, 0.25) is 0 Å². The molecular formula is C13H14FNS. The molecule has 2 atom stereocenters. The average molecular weight is 235 g/mol. The van der Waals surface area contributed by atoms with Gasteiger partial charge in [0.2, 0.25) is 0 Å². The Balaban J connectivity index is 2.15. The van der Waals surface area contributed by atoms with Crippen molar-refractivity contribution in [3.8, 4) is 0 Å². The fourth-order valence-electron chi connectivity index (χ4n) is 2.62. The van der Waals surface area contributed by atoms with Crippen LogP contribution in [0.4, 0.5) is 4.39 Å². The normalized spacial score (nSPS) is 30.0. The highest BCUT2D eigenvalue weighted by atomic mass is 32.1. The molecule has 0 spiro atoms. The highest BCUT2D eigenvalue weighted by molar-refractivity contribution is 7.17. The van der Waals surface area contributed by atoms with E-state index in [0.29, 0.717) is 12.8 Å². The van der Waals surface area contributed by atoms with Crippen LogP contribution in [0.1, 0.15) is 24.8 Å². The Morgan fingerprint density at radius 2 is 2.25 bits per heavy atom. The van der Waals surface area contributed by atoms with Crippen LogP contribution in [0.3, 0.4) is 0 Å². The first-order chi connectivity index (χ1) is 7.69. The second-order valence-electron chi connectivity index (χ2n) is 4.61. The Labute approximate surface area is 98.1 Å². The SMILES string of the molecule is NC1CCC(F)(c2cccc3ccsc23)C1. The number of thiophene rings is 1. The lowest BCUT2D eigenvalue weighted by Gasteiger charge is -2.20. The molecule has 1 fully saturated rings. The van der Waals surface area contributed by atoms with Crippen molar-refractivity contribution in [3.05, 3.63) is 35.2 Å². The van der Waals surface area contributed by atoms with Gasteiger partial charge in [-0.1, -0.05) is 18.2 Å². The summed E-state index contributed by atoms with van der Waals surface area (Å²) < 4.78 is 15.9. The van der Waals surface area contributed by atoms with E-state index in [9.17, 15) is 4.39 Å². The Kier molecular flexibility index (Phi) is 2.26. The molecule has 0 aliphatic heterocycles. The molecule has 1 saturated carbocycles. The molecule has 1 aliphatic rings. The number of alkyl halides is 1. The van der Waals surface area contributed by atoms with Crippen LogP contribution in [0, 0.1) is 0 Å². The van der Waals surface area contributed by atoms with Crippen molar-refractivity contribution >= 4 is 21.4 Å². The number of rotatable bonds is 1. The third-order valence-corrected chi connectivity index (χ3v) is 4.42. The summed E-state index contributed by atoms with van der Waals surface area (Å²) in [6, 6.07) is 7.95. The summed E-state index contributed by atoms with van der Waals surface area (Å²) in [6.45, 7) is 0. The molecular weight excluding hydrogens is 221 g/mol. The number of hydrogen-bond donors (Lipinski definition) is 1. The summed E-state index contributed by atoms with van der Waals surface area (Å²) >= 11 is 1.62. The molecule has 1 heterocycles. The molecule has 1 nitrogen and oxygen atoms in total. The maximum Gasteiger partial charge on any atom is 0.138 e. The minimum absolute atomic E-state index is 0.0141. The Morgan fingerprint density at radius 3 is 3.00 bits per heavy atom. The second kappa shape index (κ2) is 3.54. The smallest absolute Gasteiger partial charge is 0.138 e. The minimum Gasteiger partial charge on any atom is -0.328 e. The monoisotopic (exact) mass is 235 g/mol. The van der Waals surface area contributed by atoms with Crippen LogP contribution in [0.25, 0.3) is 10.1 Å². The van der Waals surface area contributed by atoms with Crippen molar-refractivity contribution in [2.75, 3.05) is 0 Å². The average Bonchev–Trinajstić information content (AvgIpc) is 2.85. The summed E-state index contributed by atoms with van der Waals surface area (Å²) in [7, 11) is 0. The van der Waals surface area contributed by atoms with Gasteiger partial charge in [0.15, 0.2) is 0 Å². The topological polar surface area (TPSA) is 26.0 Å². The number of nitrogens with two attached hydrogens (primary N) is 1. The molecule has 3 rings (SSSR count). The van der Waals surface area contributed by atoms with E-state index in [2.05, 4.69) is 0 Å². The van der Waals surface area contributed by atoms with Crippen LogP contribution in [0.15, 0.2) is 29.6 Å². The van der Waals surface area contributed by atoms with E-state index in [0.717, 1.165) is 22.1 Å². The Bertz CT molecular complexity index is 521. The number of fused-ring (bicyclic) bond motifs is 1. The van der Waals surface area contributed by atoms with E-state index in [1.807, 2.05) is 29.6 Å². The van der Waals surface area contributed by atoms with Crippen molar-refractivity contribution < 1.29 is 4.39 Å². The molecule has 0 amide bonds. The zero-order chi connectivity index (χ0) is 11.2. The van der Waals surface area contributed by atoms with Gasteiger partial charge in [-0.15, -0.1) is 11.3 Å². The van der Waals surface area contributed by atoms with Gasteiger partial charge in [-0.3, -0.25) is 0 Å². The van der Waals surface area contributed by atoms with Crippen LogP contribution in [0.5, 0.6) is 0 Å². The van der Waals surface area contributed by atoms with Crippen LogP contribution in [-0.2, 0) is 5.67 Å². The van der Waals surface area contributed by atoms with E-state index in [1.54, 1.807) is 11.3 Å². The standard InChI is InChI=1S/C13H14FNS/c14-13(6-4-10(15)8-13)11-3-1-2-9-5-7-16-12(9)11/h1-3,5,7,10H,4,6,8,15H2. The van der Waals surface area contributed by atoms with Gasteiger partial charge in [0.1, 0.15) is 5.67 Å². The molecule has 0 saturated heterocycles. The van der Waals surface area contributed by atoms with Crippen LogP contribution >= 0.6 is 11.3 Å². The lowest BCUT2D eigenvalue weighted by Crippen LogP contribution is -2.21. The molecule has 1 aromatic heterocycles. The zero-order valence-electron chi connectivity index (χ0n) is 8.95. The van der Waals surface area contributed by atoms with Crippen molar-refractivity contribution in [3.63, 3.8) is 0 Å². The molecule has 16 heavy (non-hydrogen) atoms. The first-order valence-corrected chi connectivity index (χ1v) is 6.48. The van der Waals surface area contributed by atoms with Crippen molar-refractivity contribution in [2.45, 2.75) is 31.0 Å². The van der Waals surface area contributed by atoms with Gasteiger partial charge >= 0.3 is 0 Å². The number of hydrogen-bond acceptors (Lipinski definition) is 2. The fraction of sp³-hybridized carbons (Fsp3) is 0.385. The molecule has 1 aliphatic carbocycles. The van der Waals surface area contributed by atoms with Gasteiger partial charge in [0.25, 0.3) is 0 Å². The van der Waals surface area contributed by atoms with Gasteiger partial charge in [-0.05, 0) is 29.7 Å². The van der Waals surface area contributed by atoms with Crippen molar-refractivity contribution in [1.82, 2.24) is 0 Å². The molecule has 0 radical (unpaired) electrons. The van der Waals surface area contributed by atoms with Crippen molar-refractivity contribution in [1.29, 1.82) is 0 Å². The van der Waals surface area contributed by atoms with Crippen molar-refractivity contribution in [2.24, 2.45) is 5.73 Å². The second-order valence-corrected chi connectivity index (χ2v) is 5.53. The van der Waals surface area contributed by atoms with E-state index in [1.165, 1.54) is 0 Å². The highest BCUT2D eigenvalue weighted by Crippen LogP contribution is 2.45. The number of halogens is 1. The van der Waals surface area contributed by atoms with Gasteiger partial charge < -0.3 is 5.73 Å². The Hall–Kier alpha value is -0.930. The van der Waals surface area contributed by atoms with Gasteiger partial charge in [0.05, 0.1) is 0 Å². The molecule has 1 aromatic carbocycles. The van der Waals surface area contributed by atoms with E-state index in [-0.39, 0.29) is 6.04 Å².